The van der Waals surface area contributed by atoms with Crippen LogP contribution in [0.2, 0.25) is 0 Å². The molecule has 11 heteroatoms. The summed E-state index contributed by atoms with van der Waals surface area (Å²) in [5.41, 5.74) is 0. The topological polar surface area (TPSA) is 155 Å². The number of unbranched alkanes of at least 4 members (excludes halogenated alkanes) is 18. The Bertz CT molecular complexity index is 827. The zero-order chi connectivity index (χ0) is 40.5. The van der Waals surface area contributed by atoms with Crippen LogP contribution in [0.3, 0.4) is 0 Å². The minimum absolute atomic E-state index is 0.0628. The summed E-state index contributed by atoms with van der Waals surface area (Å²) in [6.07, 6.45) is 27.2. The van der Waals surface area contributed by atoms with Gasteiger partial charge in [0.05, 0.1) is 51.5 Å². The van der Waals surface area contributed by atoms with Crippen molar-refractivity contribution in [3.63, 3.8) is 0 Å². The molecule has 0 rings (SSSR count). The van der Waals surface area contributed by atoms with Gasteiger partial charge in [-0.3, -0.25) is 19.2 Å². The van der Waals surface area contributed by atoms with Gasteiger partial charge >= 0.3 is 23.9 Å². The third-order valence-electron chi connectivity index (χ3n) is 10.1. The number of aliphatic carboxylic acids is 2. The standard InChI is InChI=1S/C44H82O11/c1-3-5-7-19-25-39(27-21-15-11-9-13-17-23-29-41(45)46)43(49)54-37-35-52-33-31-51-32-34-53-36-38-55-44(50)40(26-20-8-6-4-2)28-22-16-12-10-14-18-24-30-42(47)48/h39-40H,3-38H2,1-2H3,(H,45,46)(H,47,48). The second-order valence-electron chi connectivity index (χ2n) is 15.1. The maximum absolute atomic E-state index is 12.8. The summed E-state index contributed by atoms with van der Waals surface area (Å²) < 4.78 is 27.9. The first kappa shape index (κ1) is 52.8. The average molecular weight is 787 g/mol. The highest BCUT2D eigenvalue weighted by molar-refractivity contribution is 5.72. The molecule has 2 unspecified atom stereocenters. The van der Waals surface area contributed by atoms with E-state index in [9.17, 15) is 19.2 Å². The zero-order valence-electron chi connectivity index (χ0n) is 35.2. The number of hydrogen-bond donors (Lipinski definition) is 2. The second-order valence-corrected chi connectivity index (χ2v) is 15.1. The van der Waals surface area contributed by atoms with Crippen molar-refractivity contribution >= 4 is 23.9 Å². The highest BCUT2D eigenvalue weighted by Crippen LogP contribution is 2.22. The summed E-state index contributed by atoms with van der Waals surface area (Å²) in [6, 6.07) is 0. The molecule has 0 fully saturated rings. The molecule has 0 amide bonds. The first-order valence-corrected chi connectivity index (χ1v) is 22.3. The molecule has 0 spiro atoms. The molecule has 0 saturated heterocycles. The van der Waals surface area contributed by atoms with Crippen LogP contribution in [0.15, 0.2) is 0 Å². The predicted octanol–water partition coefficient (Wildman–Crippen LogP) is 10.5. The number of esters is 2. The third-order valence-corrected chi connectivity index (χ3v) is 10.1. The fourth-order valence-electron chi connectivity index (χ4n) is 6.68. The van der Waals surface area contributed by atoms with Gasteiger partial charge < -0.3 is 33.9 Å². The van der Waals surface area contributed by atoms with Crippen molar-refractivity contribution < 1.29 is 53.1 Å². The molecule has 0 heterocycles. The van der Waals surface area contributed by atoms with E-state index in [1.54, 1.807) is 0 Å². The van der Waals surface area contributed by atoms with E-state index in [2.05, 4.69) is 13.8 Å². The molecule has 0 aromatic carbocycles. The van der Waals surface area contributed by atoms with E-state index in [4.69, 9.17) is 33.9 Å². The average Bonchev–Trinajstić information content (AvgIpc) is 3.16. The van der Waals surface area contributed by atoms with Crippen LogP contribution in [0.1, 0.15) is 194 Å². The maximum Gasteiger partial charge on any atom is 0.309 e. The number of ether oxygens (including phenoxy) is 5. The summed E-state index contributed by atoms with van der Waals surface area (Å²) in [6.45, 7) is 7.13. The second kappa shape index (κ2) is 41.4. The Kier molecular flexibility index (Phi) is 39.7. The number of carbonyl (C=O) groups is 4. The van der Waals surface area contributed by atoms with Crippen molar-refractivity contribution in [3.05, 3.63) is 0 Å². The van der Waals surface area contributed by atoms with Crippen LogP contribution in [0, 0.1) is 11.8 Å². The third kappa shape index (κ3) is 38.4. The molecule has 0 saturated carbocycles. The zero-order valence-corrected chi connectivity index (χ0v) is 35.2. The maximum atomic E-state index is 12.8. The van der Waals surface area contributed by atoms with Gasteiger partial charge in [-0.25, -0.2) is 0 Å². The smallest absolute Gasteiger partial charge is 0.309 e. The lowest BCUT2D eigenvalue weighted by Crippen LogP contribution is -2.21. The van der Waals surface area contributed by atoms with Crippen molar-refractivity contribution in [3.8, 4) is 0 Å². The van der Waals surface area contributed by atoms with E-state index >= 15 is 0 Å². The van der Waals surface area contributed by atoms with Gasteiger partial charge in [0.25, 0.3) is 0 Å². The molecule has 0 aliphatic carbocycles. The molecule has 11 nitrogen and oxygen atoms in total. The first-order valence-electron chi connectivity index (χ1n) is 22.3. The van der Waals surface area contributed by atoms with Crippen LogP contribution in [0.4, 0.5) is 0 Å². The minimum atomic E-state index is -0.721. The van der Waals surface area contributed by atoms with Crippen LogP contribution in [0.25, 0.3) is 0 Å². The number of rotatable bonds is 44. The summed E-state index contributed by atoms with van der Waals surface area (Å²) in [5.74, 6) is -1.81. The number of hydrogen-bond acceptors (Lipinski definition) is 9. The lowest BCUT2D eigenvalue weighted by Gasteiger charge is -2.16. The molecule has 2 N–H and O–H groups in total. The molecule has 0 radical (unpaired) electrons. The highest BCUT2D eigenvalue weighted by atomic mass is 16.6. The van der Waals surface area contributed by atoms with E-state index in [-0.39, 0.29) is 49.8 Å². The van der Waals surface area contributed by atoms with E-state index < -0.39 is 11.9 Å². The van der Waals surface area contributed by atoms with E-state index in [0.29, 0.717) is 39.6 Å². The lowest BCUT2D eigenvalue weighted by molar-refractivity contribution is -0.151. The lowest BCUT2D eigenvalue weighted by atomic mass is 9.94. The van der Waals surface area contributed by atoms with Gasteiger partial charge in [-0.2, -0.15) is 0 Å². The summed E-state index contributed by atoms with van der Waals surface area (Å²) in [7, 11) is 0. The molecular weight excluding hydrogens is 704 g/mol. The first-order chi connectivity index (χ1) is 26.8. The van der Waals surface area contributed by atoms with Crippen molar-refractivity contribution in [1.29, 1.82) is 0 Å². The van der Waals surface area contributed by atoms with Gasteiger partial charge in [-0.15, -0.1) is 0 Å². The van der Waals surface area contributed by atoms with E-state index in [1.807, 2.05) is 0 Å². The number of carboxylic acid groups (broad SMARTS) is 2. The SMILES string of the molecule is CCCCCCC(CCCCCCCCCC(=O)O)C(=O)OCCOCCOCCOCCOC(=O)C(CCCCCC)CCCCCCCCCC(=O)O. The summed E-state index contributed by atoms with van der Waals surface area (Å²) in [5, 5.41) is 17.5. The predicted molar refractivity (Wildman–Crippen MR) is 217 cm³/mol. The Hall–Kier alpha value is -2.24. The Morgan fingerprint density at radius 1 is 0.364 bits per heavy atom. The van der Waals surface area contributed by atoms with E-state index in [0.717, 1.165) is 154 Å². The molecule has 0 aliphatic rings. The van der Waals surface area contributed by atoms with Gasteiger partial charge in [0.2, 0.25) is 0 Å². The molecule has 2 atom stereocenters. The van der Waals surface area contributed by atoms with Gasteiger partial charge in [0, 0.05) is 12.8 Å². The fourth-order valence-corrected chi connectivity index (χ4v) is 6.68. The molecule has 0 aromatic heterocycles. The fraction of sp³-hybridized carbons (Fsp3) is 0.909. The Labute approximate surface area is 334 Å². The van der Waals surface area contributed by atoms with Crippen molar-refractivity contribution in [2.75, 3.05) is 52.9 Å². The highest BCUT2D eigenvalue weighted by Gasteiger charge is 2.20. The van der Waals surface area contributed by atoms with E-state index in [1.165, 1.54) is 12.8 Å². The monoisotopic (exact) mass is 787 g/mol. The molecule has 55 heavy (non-hydrogen) atoms. The largest absolute Gasteiger partial charge is 0.481 e. The Balaban J connectivity index is 4.03. The van der Waals surface area contributed by atoms with Crippen molar-refractivity contribution in [2.45, 2.75) is 194 Å². The van der Waals surface area contributed by atoms with Crippen LogP contribution < -0.4 is 0 Å². The number of carbonyl (C=O) groups excluding carboxylic acids is 2. The molecule has 0 aliphatic heterocycles. The molecule has 324 valence electrons. The van der Waals surface area contributed by atoms with Crippen LogP contribution in [0.5, 0.6) is 0 Å². The van der Waals surface area contributed by atoms with Gasteiger partial charge in [0.15, 0.2) is 0 Å². The minimum Gasteiger partial charge on any atom is -0.481 e. The van der Waals surface area contributed by atoms with Crippen molar-refractivity contribution in [2.24, 2.45) is 11.8 Å². The molecule has 0 bridgehead atoms. The van der Waals surface area contributed by atoms with Crippen LogP contribution >= 0.6 is 0 Å². The summed E-state index contributed by atoms with van der Waals surface area (Å²) in [4.78, 5) is 46.9. The quantitative estimate of drug-likeness (QED) is 0.0448. The molecular formula is C44H82O11. The van der Waals surface area contributed by atoms with Crippen molar-refractivity contribution in [1.82, 2.24) is 0 Å². The Morgan fingerprint density at radius 3 is 0.909 bits per heavy atom. The van der Waals surface area contributed by atoms with Gasteiger partial charge in [-0.1, -0.05) is 142 Å². The normalized spacial score (nSPS) is 12.4. The van der Waals surface area contributed by atoms with Gasteiger partial charge in [0.1, 0.15) is 13.2 Å². The molecule has 0 aromatic rings. The summed E-state index contributed by atoms with van der Waals surface area (Å²) >= 11 is 0. The van der Waals surface area contributed by atoms with Crippen LogP contribution in [-0.2, 0) is 42.9 Å². The van der Waals surface area contributed by atoms with Crippen LogP contribution in [-0.4, -0.2) is 86.9 Å². The van der Waals surface area contributed by atoms with Gasteiger partial charge in [-0.05, 0) is 38.5 Å². The Morgan fingerprint density at radius 2 is 0.618 bits per heavy atom. The number of carboxylic acids is 2.